The van der Waals surface area contributed by atoms with Gasteiger partial charge >= 0.3 is 5.97 Å². The molecule has 1 aromatic carbocycles. The summed E-state index contributed by atoms with van der Waals surface area (Å²) in [7, 11) is 0. The molecule has 2 N–H and O–H groups in total. The van der Waals surface area contributed by atoms with Gasteiger partial charge < -0.3 is 10.4 Å². The van der Waals surface area contributed by atoms with Crippen molar-refractivity contribution in [1.29, 1.82) is 0 Å². The van der Waals surface area contributed by atoms with E-state index in [2.05, 4.69) is 21.2 Å². The number of aliphatic carboxylic acids is 1. The topological polar surface area (TPSA) is 66.4 Å². The predicted octanol–water partition coefficient (Wildman–Crippen LogP) is 2.18. The van der Waals surface area contributed by atoms with Gasteiger partial charge in [-0.25, -0.2) is 9.18 Å². The average Bonchev–Trinajstić information content (AvgIpc) is 3.08. The van der Waals surface area contributed by atoms with Crippen LogP contribution in [0.2, 0.25) is 0 Å². The number of rotatable bonds is 4. The van der Waals surface area contributed by atoms with Gasteiger partial charge in [0.2, 0.25) is 0 Å². The zero-order valence-electron chi connectivity index (χ0n) is 9.32. The van der Waals surface area contributed by atoms with E-state index < -0.39 is 23.7 Å². The number of carbonyl (C=O) groups is 2. The number of amides is 1. The van der Waals surface area contributed by atoms with Crippen LogP contribution >= 0.6 is 15.9 Å². The second-order valence-corrected chi connectivity index (χ2v) is 5.11. The van der Waals surface area contributed by atoms with Gasteiger partial charge in [-0.2, -0.15) is 0 Å². The van der Waals surface area contributed by atoms with Crippen molar-refractivity contribution in [3.8, 4) is 0 Å². The Morgan fingerprint density at radius 2 is 2.11 bits per heavy atom. The molecule has 1 saturated carbocycles. The van der Waals surface area contributed by atoms with Gasteiger partial charge in [0.15, 0.2) is 0 Å². The van der Waals surface area contributed by atoms with Crippen molar-refractivity contribution in [3.05, 3.63) is 34.1 Å². The normalized spacial score (nSPS) is 16.1. The Hall–Kier alpha value is -1.43. The van der Waals surface area contributed by atoms with Crippen LogP contribution in [-0.2, 0) is 4.79 Å². The molecule has 1 aliphatic carbocycles. The predicted molar refractivity (Wildman–Crippen MR) is 65.7 cm³/mol. The van der Waals surface area contributed by atoms with Crippen molar-refractivity contribution in [2.45, 2.75) is 18.9 Å². The molecule has 0 aromatic heterocycles. The van der Waals surface area contributed by atoms with E-state index in [1.54, 1.807) is 0 Å². The van der Waals surface area contributed by atoms with Crippen molar-refractivity contribution in [2.24, 2.45) is 5.92 Å². The van der Waals surface area contributed by atoms with Crippen LogP contribution in [0.15, 0.2) is 22.7 Å². The zero-order valence-corrected chi connectivity index (χ0v) is 10.9. The molecule has 1 amide bonds. The fourth-order valence-corrected chi connectivity index (χ4v) is 2.23. The van der Waals surface area contributed by atoms with Gasteiger partial charge in [0.1, 0.15) is 11.9 Å². The second kappa shape index (κ2) is 5.06. The lowest BCUT2D eigenvalue weighted by Crippen LogP contribution is -2.42. The number of carboxylic acids is 1. The van der Waals surface area contributed by atoms with E-state index in [1.807, 2.05) is 0 Å². The SMILES string of the molecule is O=C(NC(C(=O)O)C1CC1)c1ccc(F)cc1Br. The first-order chi connectivity index (χ1) is 8.49. The molecule has 0 heterocycles. The van der Waals surface area contributed by atoms with Crippen LogP contribution in [0.3, 0.4) is 0 Å². The van der Waals surface area contributed by atoms with Gasteiger partial charge in [0.05, 0.1) is 5.56 Å². The standard InChI is InChI=1S/C12H11BrFNO3/c13-9-5-7(14)3-4-8(9)11(16)15-10(12(17)18)6-1-2-6/h3-6,10H,1-2H2,(H,15,16)(H,17,18). The highest BCUT2D eigenvalue weighted by molar-refractivity contribution is 9.10. The number of benzene rings is 1. The summed E-state index contributed by atoms with van der Waals surface area (Å²) < 4.78 is 13.2. The lowest BCUT2D eigenvalue weighted by atomic mass is 10.1. The van der Waals surface area contributed by atoms with E-state index in [-0.39, 0.29) is 11.5 Å². The first-order valence-corrected chi connectivity index (χ1v) is 6.27. The zero-order chi connectivity index (χ0) is 13.3. The molecule has 2 rings (SSSR count). The average molecular weight is 316 g/mol. The maximum atomic E-state index is 12.9. The van der Waals surface area contributed by atoms with E-state index in [1.165, 1.54) is 12.1 Å². The Kier molecular flexibility index (Phi) is 3.65. The van der Waals surface area contributed by atoms with Crippen LogP contribution in [0.5, 0.6) is 0 Å². The molecule has 0 spiro atoms. The fraction of sp³-hybridized carbons (Fsp3) is 0.333. The van der Waals surface area contributed by atoms with Gasteiger partial charge in [-0.15, -0.1) is 0 Å². The first kappa shape index (κ1) is 13.0. The molecule has 0 radical (unpaired) electrons. The highest BCUT2D eigenvalue weighted by Crippen LogP contribution is 2.33. The first-order valence-electron chi connectivity index (χ1n) is 5.48. The van der Waals surface area contributed by atoms with Gasteiger partial charge in [-0.3, -0.25) is 4.79 Å². The number of carboxylic acid groups (broad SMARTS) is 1. The van der Waals surface area contributed by atoms with Gasteiger partial charge in [-0.1, -0.05) is 0 Å². The summed E-state index contributed by atoms with van der Waals surface area (Å²) in [5.74, 6) is -2.01. The molecule has 1 aromatic rings. The van der Waals surface area contributed by atoms with E-state index >= 15 is 0 Å². The van der Waals surface area contributed by atoms with E-state index in [0.717, 1.165) is 18.9 Å². The molecule has 0 aliphatic heterocycles. The molecule has 1 fully saturated rings. The molecule has 0 bridgehead atoms. The minimum absolute atomic E-state index is 0.00525. The minimum Gasteiger partial charge on any atom is -0.480 e. The quantitative estimate of drug-likeness (QED) is 0.895. The number of hydrogen-bond acceptors (Lipinski definition) is 2. The van der Waals surface area contributed by atoms with Gasteiger partial charge in [0.25, 0.3) is 5.91 Å². The monoisotopic (exact) mass is 315 g/mol. The summed E-state index contributed by atoms with van der Waals surface area (Å²) in [6.45, 7) is 0. The molecule has 18 heavy (non-hydrogen) atoms. The lowest BCUT2D eigenvalue weighted by molar-refractivity contribution is -0.139. The summed E-state index contributed by atoms with van der Waals surface area (Å²) in [6.07, 6.45) is 1.61. The molecule has 1 aliphatic rings. The van der Waals surface area contributed by atoms with Crippen molar-refractivity contribution in [2.75, 3.05) is 0 Å². The Labute approximate surface area is 111 Å². The molecule has 4 nitrogen and oxygen atoms in total. The van der Waals surface area contributed by atoms with Crippen LogP contribution in [0.4, 0.5) is 4.39 Å². The Morgan fingerprint density at radius 3 is 2.61 bits per heavy atom. The van der Waals surface area contributed by atoms with Crippen molar-refractivity contribution >= 4 is 27.8 Å². The highest BCUT2D eigenvalue weighted by Gasteiger charge is 2.37. The molecule has 6 heteroatoms. The van der Waals surface area contributed by atoms with E-state index in [9.17, 15) is 14.0 Å². The third kappa shape index (κ3) is 2.87. The lowest BCUT2D eigenvalue weighted by Gasteiger charge is -2.14. The van der Waals surface area contributed by atoms with Crippen molar-refractivity contribution in [1.82, 2.24) is 5.32 Å². The molecule has 96 valence electrons. The number of halogens is 2. The highest BCUT2D eigenvalue weighted by atomic mass is 79.9. The van der Waals surface area contributed by atoms with E-state index in [4.69, 9.17) is 5.11 Å². The van der Waals surface area contributed by atoms with Crippen LogP contribution in [-0.4, -0.2) is 23.0 Å². The summed E-state index contributed by atoms with van der Waals surface area (Å²) >= 11 is 3.08. The minimum atomic E-state index is -1.04. The number of carbonyl (C=O) groups excluding carboxylic acids is 1. The maximum absolute atomic E-state index is 12.9. The van der Waals surface area contributed by atoms with Gasteiger partial charge in [0, 0.05) is 4.47 Å². The van der Waals surface area contributed by atoms with Crippen molar-refractivity contribution in [3.63, 3.8) is 0 Å². The molecular weight excluding hydrogens is 305 g/mol. The summed E-state index contributed by atoms with van der Waals surface area (Å²) in [6, 6.07) is 2.78. The number of nitrogens with one attached hydrogen (secondary N) is 1. The van der Waals surface area contributed by atoms with Gasteiger partial charge in [-0.05, 0) is 52.9 Å². The third-order valence-corrected chi connectivity index (χ3v) is 3.48. The largest absolute Gasteiger partial charge is 0.480 e. The van der Waals surface area contributed by atoms with Crippen LogP contribution in [0.1, 0.15) is 23.2 Å². The molecular formula is C12H11BrFNO3. The van der Waals surface area contributed by atoms with Crippen molar-refractivity contribution < 1.29 is 19.1 Å². The molecule has 0 saturated heterocycles. The Morgan fingerprint density at radius 1 is 1.44 bits per heavy atom. The third-order valence-electron chi connectivity index (χ3n) is 2.82. The smallest absolute Gasteiger partial charge is 0.326 e. The molecule has 1 atom stereocenters. The van der Waals surface area contributed by atoms with E-state index in [0.29, 0.717) is 4.47 Å². The Balaban J connectivity index is 2.13. The Bertz CT molecular complexity index is 502. The molecule has 1 unspecified atom stereocenters. The summed E-state index contributed by atoms with van der Waals surface area (Å²) in [4.78, 5) is 22.9. The summed E-state index contributed by atoms with van der Waals surface area (Å²) in [5, 5.41) is 11.5. The second-order valence-electron chi connectivity index (χ2n) is 4.25. The number of hydrogen-bond donors (Lipinski definition) is 2. The fourth-order valence-electron chi connectivity index (χ4n) is 1.70. The summed E-state index contributed by atoms with van der Waals surface area (Å²) in [5.41, 5.74) is 0.225. The van der Waals surface area contributed by atoms with Crippen LogP contribution in [0, 0.1) is 11.7 Å². The van der Waals surface area contributed by atoms with Crippen LogP contribution < -0.4 is 5.32 Å². The maximum Gasteiger partial charge on any atom is 0.326 e. The van der Waals surface area contributed by atoms with Crippen LogP contribution in [0.25, 0.3) is 0 Å².